The van der Waals surface area contributed by atoms with E-state index in [-0.39, 0.29) is 18.6 Å². The number of alkyl halides is 3. The van der Waals surface area contributed by atoms with Gasteiger partial charge < -0.3 is 14.6 Å². The number of benzene rings is 1. The molecule has 3 nitrogen and oxygen atoms in total. The van der Waals surface area contributed by atoms with Crippen molar-refractivity contribution in [1.29, 1.82) is 0 Å². The van der Waals surface area contributed by atoms with Crippen LogP contribution in [0.25, 0.3) is 0 Å². The monoisotopic (exact) mass is 247 g/mol. The summed E-state index contributed by atoms with van der Waals surface area (Å²) < 4.78 is 40.4. The second-order valence-corrected chi connectivity index (χ2v) is 3.38. The lowest BCUT2D eigenvalue weighted by atomic mass is 10.2. The average molecular weight is 247 g/mol. The molecular weight excluding hydrogens is 237 g/mol. The molecule has 0 heterocycles. The topological polar surface area (TPSA) is 49.4 Å². The average Bonchev–Trinajstić information content (AvgIpc) is 2.24. The molecule has 0 bridgehead atoms. The predicted molar refractivity (Wildman–Crippen MR) is 51.6 cm³/mol. The molecule has 0 radical (unpaired) electrons. The van der Waals surface area contributed by atoms with Gasteiger partial charge in [-0.2, -0.15) is 13.2 Å². The second-order valence-electron chi connectivity index (χ2n) is 3.38. The molecule has 0 aliphatic rings. The molecule has 1 rings (SSSR count). The summed E-state index contributed by atoms with van der Waals surface area (Å²) >= 11 is 0. The van der Waals surface area contributed by atoms with Gasteiger partial charge in [0.1, 0.15) is 5.75 Å². The van der Waals surface area contributed by atoms with Gasteiger partial charge in [-0.15, -0.1) is 0 Å². The van der Waals surface area contributed by atoms with Crippen LogP contribution >= 0.6 is 0 Å². The van der Waals surface area contributed by atoms with Crippen molar-refractivity contribution in [1.82, 2.24) is 0 Å². The number of hydrogen-bond donors (Lipinski definition) is 0. The summed E-state index contributed by atoms with van der Waals surface area (Å²) in [5.74, 6) is -0.981. The van der Waals surface area contributed by atoms with Crippen LogP contribution in [-0.2, 0) is 0 Å². The molecule has 0 aromatic heterocycles. The van der Waals surface area contributed by atoms with Crippen molar-refractivity contribution in [3.8, 4) is 5.75 Å². The molecule has 0 spiro atoms. The van der Waals surface area contributed by atoms with Crippen molar-refractivity contribution in [2.24, 2.45) is 0 Å². The molecule has 0 amide bonds. The van der Waals surface area contributed by atoms with Crippen LogP contribution in [0.5, 0.6) is 5.75 Å². The Morgan fingerprint density at radius 2 is 1.82 bits per heavy atom. The quantitative estimate of drug-likeness (QED) is 0.745. The Balaban J connectivity index is 2.35. The smallest absolute Gasteiger partial charge is 0.389 e. The second kappa shape index (κ2) is 5.56. The third-order valence-electron chi connectivity index (χ3n) is 1.96. The molecule has 94 valence electrons. The molecule has 0 unspecified atom stereocenters. The van der Waals surface area contributed by atoms with Gasteiger partial charge in [-0.05, 0) is 36.2 Å². The van der Waals surface area contributed by atoms with Crippen LogP contribution in [0.1, 0.15) is 23.2 Å². The normalized spacial score (nSPS) is 11.2. The summed E-state index contributed by atoms with van der Waals surface area (Å²) in [7, 11) is 0. The SMILES string of the molecule is O=C([O-])c1ccc(OCCCC(F)(F)F)cc1. The Labute approximate surface area is 95.8 Å². The third-order valence-corrected chi connectivity index (χ3v) is 1.96. The summed E-state index contributed by atoms with van der Waals surface area (Å²) in [5, 5.41) is 10.4. The summed E-state index contributed by atoms with van der Waals surface area (Å²) in [4.78, 5) is 10.4. The standard InChI is InChI=1S/C11H11F3O3/c12-11(13,14)6-1-7-17-9-4-2-8(3-5-9)10(15)16/h2-5H,1,6-7H2,(H,15,16)/p-1. The minimum absolute atomic E-state index is 0.00681. The van der Waals surface area contributed by atoms with Crippen LogP contribution in [0, 0.1) is 0 Å². The highest BCUT2D eigenvalue weighted by atomic mass is 19.4. The fraction of sp³-hybridized carbons (Fsp3) is 0.364. The van der Waals surface area contributed by atoms with Gasteiger partial charge in [-0.25, -0.2) is 0 Å². The van der Waals surface area contributed by atoms with E-state index in [0.29, 0.717) is 5.75 Å². The highest BCUT2D eigenvalue weighted by Gasteiger charge is 2.26. The molecule has 0 saturated heterocycles. The minimum atomic E-state index is -4.18. The summed E-state index contributed by atoms with van der Waals surface area (Å²) in [6.45, 7) is -0.0653. The van der Waals surface area contributed by atoms with Crippen LogP contribution in [0.4, 0.5) is 13.2 Å². The van der Waals surface area contributed by atoms with E-state index < -0.39 is 18.6 Å². The maximum absolute atomic E-state index is 11.8. The molecule has 17 heavy (non-hydrogen) atoms. The van der Waals surface area contributed by atoms with Gasteiger partial charge >= 0.3 is 6.18 Å². The molecular formula is C11H10F3O3-. The van der Waals surface area contributed by atoms with E-state index in [0.717, 1.165) is 0 Å². The Kier molecular flexibility index (Phi) is 4.37. The molecule has 6 heteroatoms. The van der Waals surface area contributed by atoms with Gasteiger partial charge in [0.2, 0.25) is 0 Å². The van der Waals surface area contributed by atoms with Gasteiger partial charge in [0.15, 0.2) is 0 Å². The van der Waals surface area contributed by atoms with Gasteiger partial charge in [0.05, 0.1) is 12.6 Å². The van der Waals surface area contributed by atoms with Crippen molar-refractivity contribution in [2.45, 2.75) is 19.0 Å². The molecule has 0 atom stereocenters. The first-order valence-corrected chi connectivity index (χ1v) is 4.89. The predicted octanol–water partition coefficient (Wildman–Crippen LogP) is 1.77. The largest absolute Gasteiger partial charge is 0.545 e. The van der Waals surface area contributed by atoms with Gasteiger partial charge in [0, 0.05) is 6.42 Å². The fourth-order valence-electron chi connectivity index (χ4n) is 1.15. The van der Waals surface area contributed by atoms with E-state index in [2.05, 4.69) is 0 Å². The number of ether oxygens (including phenoxy) is 1. The number of aromatic carboxylic acids is 1. The number of hydrogen-bond acceptors (Lipinski definition) is 3. The van der Waals surface area contributed by atoms with E-state index in [4.69, 9.17) is 4.74 Å². The van der Waals surface area contributed by atoms with E-state index in [9.17, 15) is 23.1 Å². The van der Waals surface area contributed by atoms with E-state index >= 15 is 0 Å². The van der Waals surface area contributed by atoms with Crippen LogP contribution in [0.3, 0.4) is 0 Å². The number of halogens is 3. The van der Waals surface area contributed by atoms with Crippen LogP contribution in [-0.4, -0.2) is 18.8 Å². The Hall–Kier alpha value is -1.72. The summed E-state index contributed by atoms with van der Waals surface area (Å²) in [5.41, 5.74) is -0.00681. The Morgan fingerprint density at radius 3 is 2.29 bits per heavy atom. The van der Waals surface area contributed by atoms with Crippen LogP contribution in [0.2, 0.25) is 0 Å². The van der Waals surface area contributed by atoms with E-state index in [1.54, 1.807) is 0 Å². The van der Waals surface area contributed by atoms with E-state index in [1.165, 1.54) is 24.3 Å². The van der Waals surface area contributed by atoms with Gasteiger partial charge in [0.25, 0.3) is 0 Å². The summed E-state index contributed by atoms with van der Waals surface area (Å²) in [6, 6.07) is 5.29. The van der Waals surface area contributed by atoms with Crippen LogP contribution in [0.15, 0.2) is 24.3 Å². The maximum atomic E-state index is 11.8. The number of carbonyl (C=O) groups is 1. The zero-order valence-corrected chi connectivity index (χ0v) is 8.79. The molecule has 0 aliphatic carbocycles. The van der Waals surface area contributed by atoms with Crippen LogP contribution < -0.4 is 9.84 Å². The molecule has 0 saturated carbocycles. The van der Waals surface area contributed by atoms with Crippen molar-refractivity contribution < 1.29 is 27.8 Å². The molecule has 0 fully saturated rings. The lowest BCUT2D eigenvalue weighted by Crippen LogP contribution is -2.21. The lowest BCUT2D eigenvalue weighted by molar-refractivity contribution is -0.255. The molecule has 1 aromatic rings. The zero-order valence-electron chi connectivity index (χ0n) is 8.79. The number of carboxylic acid groups (broad SMARTS) is 1. The zero-order chi connectivity index (χ0) is 12.9. The highest BCUT2D eigenvalue weighted by molar-refractivity contribution is 5.85. The maximum Gasteiger partial charge on any atom is 0.389 e. The lowest BCUT2D eigenvalue weighted by Gasteiger charge is -2.09. The van der Waals surface area contributed by atoms with Crippen molar-refractivity contribution >= 4 is 5.97 Å². The van der Waals surface area contributed by atoms with Crippen molar-refractivity contribution in [3.63, 3.8) is 0 Å². The van der Waals surface area contributed by atoms with Crippen molar-refractivity contribution in [3.05, 3.63) is 29.8 Å². The summed E-state index contributed by atoms with van der Waals surface area (Å²) in [6.07, 6.45) is -5.21. The highest BCUT2D eigenvalue weighted by Crippen LogP contribution is 2.21. The first-order chi connectivity index (χ1) is 7.88. The Morgan fingerprint density at radius 1 is 1.24 bits per heavy atom. The number of carboxylic acids is 1. The van der Waals surface area contributed by atoms with Crippen molar-refractivity contribution in [2.75, 3.05) is 6.61 Å². The first-order valence-electron chi connectivity index (χ1n) is 4.89. The number of rotatable bonds is 5. The molecule has 0 N–H and O–H groups in total. The van der Waals surface area contributed by atoms with E-state index in [1.807, 2.05) is 0 Å². The molecule has 0 aliphatic heterocycles. The molecule has 1 aromatic carbocycles. The third kappa shape index (κ3) is 5.24. The first kappa shape index (κ1) is 13.3. The number of carbonyl (C=O) groups excluding carboxylic acids is 1. The minimum Gasteiger partial charge on any atom is -0.545 e. The Bertz CT molecular complexity index is 371. The van der Waals surface area contributed by atoms with Gasteiger partial charge in [-0.3, -0.25) is 0 Å². The van der Waals surface area contributed by atoms with Gasteiger partial charge in [-0.1, -0.05) is 0 Å². The fourth-order valence-corrected chi connectivity index (χ4v) is 1.15.